The molecule has 0 radical (unpaired) electrons. The minimum atomic E-state index is -2.62. The standard InChI is InChI=1S/C27H33ClN6O2Si/c1-27(2,3)37(21-11-7-5-8-12-21,22-13-9-6-10-14-22)35-17-19-15-20(36-33(19)4)16-34-18-30-23-24(28)31-26(29)32-25(23)34/h5-14,18-20H,15-17H2,1-4H3,(H2,29,31,32). The third-order valence-electron chi connectivity index (χ3n) is 7.11. The SMILES string of the molecule is CN1OC(Cn2cnc3c(Cl)nc(N)nc32)CC1CO[Si](c1ccccc1)(c1ccccc1)C(C)(C)C. The Morgan fingerprint density at radius 3 is 2.27 bits per heavy atom. The molecule has 2 aromatic heterocycles. The normalized spacial score (nSPS) is 19.1. The molecule has 10 heteroatoms. The molecule has 2 N–H and O–H groups in total. The van der Waals surface area contributed by atoms with E-state index in [0.29, 0.717) is 24.3 Å². The van der Waals surface area contributed by atoms with Crippen molar-refractivity contribution < 1.29 is 9.26 Å². The predicted molar refractivity (Wildman–Crippen MR) is 149 cm³/mol. The molecule has 1 fully saturated rings. The summed E-state index contributed by atoms with van der Waals surface area (Å²) in [6.07, 6.45) is 2.45. The van der Waals surface area contributed by atoms with E-state index in [1.54, 1.807) is 6.33 Å². The molecule has 5 rings (SSSR count). The Hall–Kier alpha value is -2.82. The third kappa shape index (κ3) is 4.89. The number of rotatable bonds is 7. The molecule has 1 aliphatic rings. The van der Waals surface area contributed by atoms with E-state index in [2.05, 4.69) is 96.4 Å². The largest absolute Gasteiger partial charge is 0.406 e. The minimum Gasteiger partial charge on any atom is -0.406 e. The average Bonchev–Trinajstić information content (AvgIpc) is 3.43. The molecule has 37 heavy (non-hydrogen) atoms. The van der Waals surface area contributed by atoms with E-state index in [4.69, 9.17) is 26.6 Å². The predicted octanol–water partition coefficient (Wildman–Crippen LogP) is 3.64. The van der Waals surface area contributed by atoms with Crippen LogP contribution in [0, 0.1) is 0 Å². The van der Waals surface area contributed by atoms with Crippen molar-refractivity contribution in [2.24, 2.45) is 0 Å². The number of hydroxylamine groups is 2. The zero-order valence-corrected chi connectivity index (χ0v) is 23.4. The van der Waals surface area contributed by atoms with Crippen LogP contribution in [0.15, 0.2) is 67.0 Å². The number of halogens is 1. The smallest absolute Gasteiger partial charge is 0.261 e. The Bertz CT molecular complexity index is 1320. The number of anilines is 1. The maximum Gasteiger partial charge on any atom is 0.261 e. The zero-order valence-electron chi connectivity index (χ0n) is 21.6. The van der Waals surface area contributed by atoms with E-state index < -0.39 is 8.32 Å². The van der Waals surface area contributed by atoms with Crippen molar-refractivity contribution in [1.82, 2.24) is 24.6 Å². The summed E-state index contributed by atoms with van der Waals surface area (Å²) in [6, 6.07) is 21.5. The molecule has 1 aliphatic heterocycles. The van der Waals surface area contributed by atoms with Gasteiger partial charge in [-0.15, -0.1) is 0 Å². The Balaban J connectivity index is 1.38. The van der Waals surface area contributed by atoms with Gasteiger partial charge >= 0.3 is 0 Å². The van der Waals surface area contributed by atoms with Crippen LogP contribution in [0.5, 0.6) is 0 Å². The third-order valence-corrected chi connectivity index (χ3v) is 12.4. The van der Waals surface area contributed by atoms with Gasteiger partial charge < -0.3 is 14.7 Å². The Morgan fingerprint density at radius 1 is 1.05 bits per heavy atom. The van der Waals surface area contributed by atoms with Crippen LogP contribution in [-0.2, 0) is 15.8 Å². The first kappa shape index (κ1) is 25.8. The number of imidazole rings is 1. The summed E-state index contributed by atoms with van der Waals surface area (Å²) < 4.78 is 9.07. The molecular formula is C27H33ClN6O2Si. The maximum absolute atomic E-state index is 7.15. The molecule has 194 valence electrons. The monoisotopic (exact) mass is 536 g/mol. The lowest BCUT2D eigenvalue weighted by molar-refractivity contribution is -0.150. The van der Waals surface area contributed by atoms with Crippen molar-refractivity contribution in [2.75, 3.05) is 19.4 Å². The zero-order chi connectivity index (χ0) is 26.2. The van der Waals surface area contributed by atoms with Crippen LogP contribution in [0.2, 0.25) is 10.2 Å². The highest BCUT2D eigenvalue weighted by atomic mass is 35.5. The molecule has 8 nitrogen and oxygen atoms in total. The minimum absolute atomic E-state index is 0.0647. The van der Waals surface area contributed by atoms with Gasteiger partial charge in [-0.2, -0.15) is 15.0 Å². The molecule has 0 aliphatic carbocycles. The second kappa shape index (κ2) is 10.1. The highest BCUT2D eigenvalue weighted by Crippen LogP contribution is 2.37. The number of aromatic nitrogens is 4. The van der Waals surface area contributed by atoms with Crippen LogP contribution in [0.4, 0.5) is 5.95 Å². The van der Waals surface area contributed by atoms with Crippen LogP contribution in [0.1, 0.15) is 27.2 Å². The van der Waals surface area contributed by atoms with E-state index in [0.717, 1.165) is 6.42 Å². The molecule has 0 spiro atoms. The number of hydrogen-bond acceptors (Lipinski definition) is 7. The first-order valence-electron chi connectivity index (χ1n) is 12.5. The first-order valence-corrected chi connectivity index (χ1v) is 14.8. The molecule has 2 aromatic carbocycles. The number of benzene rings is 2. The molecular weight excluding hydrogens is 504 g/mol. The van der Waals surface area contributed by atoms with Gasteiger partial charge in [-0.05, 0) is 21.8 Å². The van der Waals surface area contributed by atoms with Crippen molar-refractivity contribution in [3.8, 4) is 0 Å². The van der Waals surface area contributed by atoms with E-state index >= 15 is 0 Å². The van der Waals surface area contributed by atoms with Crippen LogP contribution < -0.4 is 16.1 Å². The fourth-order valence-corrected chi connectivity index (χ4v) is 10.2. The van der Waals surface area contributed by atoms with Gasteiger partial charge in [0, 0.05) is 7.05 Å². The summed E-state index contributed by atoms with van der Waals surface area (Å²) in [7, 11) is -0.649. The molecule has 2 unspecified atom stereocenters. The van der Waals surface area contributed by atoms with E-state index in [9.17, 15) is 0 Å². The Labute approximate surface area is 223 Å². The van der Waals surface area contributed by atoms with Crippen LogP contribution in [0.25, 0.3) is 11.2 Å². The number of likely N-dealkylation sites (N-methyl/N-ethyl adjacent to an activating group) is 1. The maximum atomic E-state index is 7.15. The fourth-order valence-electron chi connectivity index (χ4n) is 5.36. The van der Waals surface area contributed by atoms with E-state index in [1.807, 2.05) is 16.7 Å². The Kier molecular flexibility index (Phi) is 7.08. The average molecular weight is 537 g/mol. The van der Waals surface area contributed by atoms with Gasteiger partial charge in [-0.3, -0.25) is 4.84 Å². The lowest BCUT2D eigenvalue weighted by Gasteiger charge is -2.43. The van der Waals surface area contributed by atoms with Gasteiger partial charge in [0.15, 0.2) is 10.8 Å². The molecule has 0 bridgehead atoms. The lowest BCUT2D eigenvalue weighted by atomic mass is 10.1. The van der Waals surface area contributed by atoms with Crippen molar-refractivity contribution in [2.45, 2.75) is 50.9 Å². The van der Waals surface area contributed by atoms with Crippen LogP contribution >= 0.6 is 11.6 Å². The summed E-state index contributed by atoms with van der Waals surface area (Å²) in [5, 5.41) is 4.64. The van der Waals surface area contributed by atoms with Gasteiger partial charge in [0.2, 0.25) is 5.95 Å². The van der Waals surface area contributed by atoms with Crippen molar-refractivity contribution in [3.63, 3.8) is 0 Å². The number of nitrogens with two attached hydrogens (primary N) is 1. The number of hydrogen-bond donors (Lipinski definition) is 1. The molecule has 4 aromatic rings. The molecule has 2 atom stereocenters. The summed E-state index contributed by atoms with van der Waals surface area (Å²) in [4.78, 5) is 18.9. The van der Waals surface area contributed by atoms with Gasteiger partial charge in [0.1, 0.15) is 5.52 Å². The Morgan fingerprint density at radius 2 is 1.68 bits per heavy atom. The van der Waals surface area contributed by atoms with Gasteiger partial charge in [-0.1, -0.05) is 93.0 Å². The second-order valence-corrected chi connectivity index (χ2v) is 15.2. The lowest BCUT2D eigenvalue weighted by Crippen LogP contribution is -2.67. The second-order valence-electron chi connectivity index (χ2n) is 10.6. The molecule has 0 amide bonds. The summed E-state index contributed by atoms with van der Waals surface area (Å²) in [6.45, 7) is 8.01. The molecule has 1 saturated heterocycles. The topological polar surface area (TPSA) is 91.3 Å². The number of nitrogens with zero attached hydrogens (tertiary/aromatic N) is 5. The summed E-state index contributed by atoms with van der Waals surface area (Å²) in [5.74, 6) is 0.125. The number of fused-ring (bicyclic) bond motifs is 1. The van der Waals surface area contributed by atoms with Crippen molar-refractivity contribution in [1.29, 1.82) is 0 Å². The first-order chi connectivity index (χ1) is 17.7. The van der Waals surface area contributed by atoms with Gasteiger partial charge in [-0.25, -0.2) is 4.98 Å². The number of nitrogen functional groups attached to an aromatic ring is 1. The van der Waals surface area contributed by atoms with E-state index in [-0.39, 0.29) is 28.3 Å². The molecule has 0 saturated carbocycles. The summed E-state index contributed by atoms with van der Waals surface area (Å²) in [5.41, 5.74) is 6.96. The van der Waals surface area contributed by atoms with Crippen molar-refractivity contribution in [3.05, 3.63) is 72.1 Å². The fraction of sp³-hybridized carbons (Fsp3) is 0.370. The molecule has 3 heterocycles. The van der Waals surface area contributed by atoms with Crippen LogP contribution in [-0.4, -0.2) is 58.7 Å². The van der Waals surface area contributed by atoms with Crippen molar-refractivity contribution >= 4 is 47.4 Å². The van der Waals surface area contributed by atoms with E-state index in [1.165, 1.54) is 10.4 Å². The van der Waals surface area contributed by atoms with Gasteiger partial charge in [0.05, 0.1) is 31.6 Å². The quantitative estimate of drug-likeness (QED) is 0.285. The van der Waals surface area contributed by atoms with Gasteiger partial charge in [0.25, 0.3) is 8.32 Å². The van der Waals surface area contributed by atoms with Crippen LogP contribution in [0.3, 0.4) is 0 Å². The highest BCUT2D eigenvalue weighted by Gasteiger charge is 2.51. The summed E-state index contributed by atoms with van der Waals surface area (Å²) >= 11 is 6.20. The highest BCUT2D eigenvalue weighted by molar-refractivity contribution is 6.99.